The molecule has 3 aromatic rings. The molecule has 0 bridgehead atoms. The number of hydrogen-bond donors (Lipinski definition) is 2. The van der Waals surface area contributed by atoms with Crippen LogP contribution >= 0.6 is 0 Å². The van der Waals surface area contributed by atoms with Crippen LogP contribution in [0.3, 0.4) is 0 Å². The zero-order chi connectivity index (χ0) is 17.9. The van der Waals surface area contributed by atoms with Gasteiger partial charge in [-0.05, 0) is 19.1 Å². The normalized spacial score (nSPS) is 9.84. The molecule has 9 nitrogen and oxygen atoms in total. The molecule has 2 aromatic heterocycles. The predicted octanol–water partition coefficient (Wildman–Crippen LogP) is -3.80. The van der Waals surface area contributed by atoms with E-state index in [1.165, 1.54) is 22.8 Å². The van der Waals surface area contributed by atoms with Crippen LogP contribution in [-0.2, 0) is 13.6 Å². The van der Waals surface area contributed by atoms with Gasteiger partial charge in [0.15, 0.2) is 11.2 Å². The smallest absolute Gasteiger partial charge is 0.545 e. The number of phenols is 1. The Morgan fingerprint density at radius 3 is 2.48 bits per heavy atom. The van der Waals surface area contributed by atoms with Gasteiger partial charge in [-0.3, -0.25) is 14.3 Å². The van der Waals surface area contributed by atoms with Crippen molar-refractivity contribution in [1.82, 2.24) is 19.1 Å². The fraction of sp³-hybridized carbons (Fsp3) is 0.200. The molecular formula is C15H15N4NaO5. The van der Waals surface area contributed by atoms with Crippen molar-refractivity contribution in [1.29, 1.82) is 0 Å². The number of rotatable bonds is 2. The summed E-state index contributed by atoms with van der Waals surface area (Å²) in [5.41, 5.74) is -0.149. The maximum Gasteiger partial charge on any atom is 1.00 e. The first-order chi connectivity index (χ1) is 11.4. The molecule has 3 rings (SSSR count). The number of fused-ring (bicyclic) bond motifs is 1. The molecule has 10 heteroatoms. The Bertz CT molecular complexity index is 1010. The SMILES string of the molecule is CCn1cnc2c1c(=O)[nH]c(=O)n2C.O=C([O-])c1ccccc1O.[Na+]. The molecule has 0 unspecified atom stereocenters. The summed E-state index contributed by atoms with van der Waals surface area (Å²) in [5.74, 6) is -1.62. The number of hydrogen-bond acceptors (Lipinski definition) is 6. The van der Waals surface area contributed by atoms with Crippen LogP contribution < -0.4 is 45.9 Å². The molecule has 0 fully saturated rings. The van der Waals surface area contributed by atoms with Gasteiger partial charge >= 0.3 is 35.2 Å². The van der Waals surface area contributed by atoms with Crippen molar-refractivity contribution in [2.75, 3.05) is 0 Å². The third kappa shape index (κ3) is 4.38. The second-order valence-electron chi connectivity index (χ2n) is 4.83. The second-order valence-corrected chi connectivity index (χ2v) is 4.83. The van der Waals surface area contributed by atoms with Crippen LogP contribution in [-0.4, -0.2) is 30.2 Å². The first-order valence-corrected chi connectivity index (χ1v) is 7.00. The zero-order valence-electron chi connectivity index (χ0n) is 14.0. The van der Waals surface area contributed by atoms with Gasteiger partial charge < -0.3 is 19.6 Å². The molecule has 0 aliphatic heterocycles. The number of aromatic nitrogens is 4. The average Bonchev–Trinajstić information content (AvgIpc) is 2.98. The fourth-order valence-corrected chi connectivity index (χ4v) is 2.07. The third-order valence-electron chi connectivity index (χ3n) is 3.34. The van der Waals surface area contributed by atoms with E-state index in [1.54, 1.807) is 24.0 Å². The van der Waals surface area contributed by atoms with E-state index in [0.29, 0.717) is 17.7 Å². The number of nitrogens with zero attached hydrogens (tertiary/aromatic N) is 3. The zero-order valence-corrected chi connectivity index (χ0v) is 16.0. The Labute approximate surface area is 163 Å². The van der Waals surface area contributed by atoms with E-state index in [-0.39, 0.29) is 46.4 Å². The number of aromatic carboxylic acids is 1. The summed E-state index contributed by atoms with van der Waals surface area (Å²) in [6.45, 7) is 2.56. The summed E-state index contributed by atoms with van der Waals surface area (Å²) >= 11 is 0. The number of carbonyl (C=O) groups excluding carboxylic acids is 1. The number of carbonyl (C=O) groups is 1. The Morgan fingerprint density at radius 2 is 1.96 bits per heavy atom. The molecule has 0 amide bonds. The van der Waals surface area contributed by atoms with Crippen LogP contribution in [0.15, 0.2) is 40.2 Å². The van der Waals surface area contributed by atoms with Crippen molar-refractivity contribution in [3.63, 3.8) is 0 Å². The van der Waals surface area contributed by atoms with Crippen LogP contribution in [0.4, 0.5) is 0 Å². The molecule has 0 atom stereocenters. The summed E-state index contributed by atoms with van der Waals surface area (Å²) in [7, 11) is 1.58. The van der Waals surface area contributed by atoms with Gasteiger partial charge in [-0.15, -0.1) is 0 Å². The molecule has 0 saturated carbocycles. The Morgan fingerprint density at radius 1 is 1.32 bits per heavy atom. The van der Waals surface area contributed by atoms with Crippen molar-refractivity contribution < 1.29 is 44.6 Å². The molecule has 0 aliphatic carbocycles. The number of aryl methyl sites for hydroxylation is 2. The number of H-pyrrole nitrogens is 1. The minimum atomic E-state index is -1.36. The van der Waals surface area contributed by atoms with Gasteiger partial charge in [0.1, 0.15) is 5.75 Å². The summed E-state index contributed by atoms with van der Waals surface area (Å²) in [5, 5.41) is 19.0. The van der Waals surface area contributed by atoms with Gasteiger partial charge in [-0.2, -0.15) is 0 Å². The quantitative estimate of drug-likeness (QED) is 0.454. The first-order valence-electron chi connectivity index (χ1n) is 7.00. The van der Waals surface area contributed by atoms with E-state index < -0.39 is 11.7 Å². The molecule has 0 aliphatic rings. The largest absolute Gasteiger partial charge is 1.00 e. The molecule has 2 N–H and O–H groups in total. The number of aromatic amines is 1. The number of carboxylic acids is 1. The minimum Gasteiger partial charge on any atom is -0.545 e. The number of carboxylic acid groups (broad SMARTS) is 1. The van der Waals surface area contributed by atoms with Gasteiger partial charge in [0.05, 0.1) is 12.3 Å². The van der Waals surface area contributed by atoms with E-state index in [0.717, 1.165) is 0 Å². The third-order valence-corrected chi connectivity index (χ3v) is 3.34. The molecule has 126 valence electrons. The molecule has 0 radical (unpaired) electrons. The van der Waals surface area contributed by atoms with E-state index in [1.807, 2.05) is 6.92 Å². The monoisotopic (exact) mass is 354 g/mol. The van der Waals surface area contributed by atoms with Crippen LogP contribution in [0.5, 0.6) is 5.75 Å². The number of para-hydroxylation sites is 1. The maximum atomic E-state index is 11.5. The standard InChI is InChI=1S/C8H10N4O2.C7H6O3.Na/c1-3-12-4-9-6-5(12)7(13)10-8(14)11(6)2;8-6-4-2-1-3-5(6)7(9)10;/h4H,3H2,1-2H3,(H,10,13,14);1-4,8H,(H,9,10);/q;;+1/p-1. The van der Waals surface area contributed by atoms with Crippen LogP contribution in [0.2, 0.25) is 0 Å². The summed E-state index contributed by atoms with van der Waals surface area (Å²) in [6.07, 6.45) is 1.55. The Balaban J connectivity index is 0.000000254. The minimum absolute atomic E-state index is 0. The van der Waals surface area contributed by atoms with Crippen LogP contribution in [0.25, 0.3) is 11.2 Å². The molecular weight excluding hydrogens is 339 g/mol. The van der Waals surface area contributed by atoms with Crippen molar-refractivity contribution >= 4 is 17.1 Å². The van der Waals surface area contributed by atoms with E-state index in [9.17, 15) is 19.5 Å². The van der Waals surface area contributed by atoms with Crippen molar-refractivity contribution in [2.45, 2.75) is 13.5 Å². The fourth-order valence-electron chi connectivity index (χ4n) is 2.07. The number of aromatic hydroxyl groups is 1. The number of nitrogens with one attached hydrogen (secondary N) is 1. The van der Waals surface area contributed by atoms with Crippen molar-refractivity contribution in [2.24, 2.45) is 7.05 Å². The number of benzene rings is 1. The van der Waals surface area contributed by atoms with E-state index in [4.69, 9.17) is 5.11 Å². The Kier molecular flexibility index (Phi) is 7.16. The topological polar surface area (TPSA) is 133 Å². The van der Waals surface area contributed by atoms with Crippen molar-refractivity contribution in [3.8, 4) is 5.75 Å². The van der Waals surface area contributed by atoms with Crippen molar-refractivity contribution in [3.05, 3.63) is 57.0 Å². The Hall–Kier alpha value is -2.36. The van der Waals surface area contributed by atoms with Crippen LogP contribution in [0.1, 0.15) is 17.3 Å². The van der Waals surface area contributed by atoms with Gasteiger partial charge in [-0.25, -0.2) is 9.78 Å². The van der Waals surface area contributed by atoms with Gasteiger partial charge in [0.2, 0.25) is 0 Å². The van der Waals surface area contributed by atoms with Gasteiger partial charge in [0.25, 0.3) is 5.56 Å². The number of imidazole rings is 1. The molecule has 25 heavy (non-hydrogen) atoms. The predicted molar refractivity (Wildman–Crippen MR) is 83.7 cm³/mol. The molecule has 0 saturated heterocycles. The summed E-state index contributed by atoms with van der Waals surface area (Å²) < 4.78 is 3.02. The van der Waals surface area contributed by atoms with Gasteiger partial charge in [0, 0.05) is 19.2 Å². The molecule has 0 spiro atoms. The molecule has 2 heterocycles. The summed E-state index contributed by atoms with van der Waals surface area (Å²) in [6, 6.07) is 5.64. The first kappa shape index (κ1) is 20.7. The van der Waals surface area contributed by atoms with Gasteiger partial charge in [-0.1, -0.05) is 12.1 Å². The van der Waals surface area contributed by atoms with Crippen LogP contribution in [0, 0.1) is 0 Å². The summed E-state index contributed by atoms with van der Waals surface area (Å²) in [4.78, 5) is 39.1. The average molecular weight is 354 g/mol. The second kappa shape index (κ2) is 8.65. The van der Waals surface area contributed by atoms with E-state index >= 15 is 0 Å². The maximum absolute atomic E-state index is 11.5. The van der Waals surface area contributed by atoms with E-state index in [2.05, 4.69) is 9.97 Å². The molecule has 1 aromatic carbocycles.